The lowest BCUT2D eigenvalue weighted by atomic mass is 9.76. The second-order valence-electron chi connectivity index (χ2n) is 6.09. The highest BCUT2D eigenvalue weighted by Crippen LogP contribution is 2.40. The normalized spacial score (nSPS) is 17.0. The van der Waals surface area contributed by atoms with E-state index >= 15 is 0 Å². The highest BCUT2D eigenvalue weighted by molar-refractivity contribution is 5.69. The number of fused-ring (bicyclic) bond motifs is 1. The van der Waals surface area contributed by atoms with Crippen LogP contribution in [0.1, 0.15) is 35.4 Å². The van der Waals surface area contributed by atoms with Gasteiger partial charge in [0.25, 0.3) is 0 Å². The number of rotatable bonds is 2. The van der Waals surface area contributed by atoms with Gasteiger partial charge in [0.15, 0.2) is 0 Å². The molecule has 0 bridgehead atoms. The van der Waals surface area contributed by atoms with E-state index in [1.165, 1.54) is 41.5 Å². The summed E-state index contributed by atoms with van der Waals surface area (Å²) in [6.45, 7) is 0. The molecule has 0 spiro atoms. The first-order valence-corrected chi connectivity index (χ1v) is 8.15. The molecule has 0 amide bonds. The average molecular weight is 284 g/mol. The second kappa shape index (κ2) is 5.81. The Kier molecular flexibility index (Phi) is 3.52. The fourth-order valence-electron chi connectivity index (χ4n) is 3.77. The van der Waals surface area contributed by atoms with Crippen LogP contribution in [0.4, 0.5) is 0 Å². The topological polar surface area (TPSA) is 0 Å². The summed E-state index contributed by atoms with van der Waals surface area (Å²) in [6.07, 6.45) is 3.73. The first-order valence-electron chi connectivity index (χ1n) is 8.15. The minimum atomic E-state index is 0.550. The maximum absolute atomic E-state index is 2.33. The van der Waals surface area contributed by atoms with Crippen molar-refractivity contribution in [2.45, 2.75) is 25.2 Å². The van der Waals surface area contributed by atoms with Gasteiger partial charge in [-0.2, -0.15) is 0 Å². The Bertz CT molecular complexity index is 757. The molecule has 0 aromatic heterocycles. The quantitative estimate of drug-likeness (QED) is 0.556. The molecule has 0 N–H and O–H groups in total. The lowest BCUT2D eigenvalue weighted by Crippen LogP contribution is -2.12. The molecule has 1 atom stereocenters. The first kappa shape index (κ1) is 13.3. The molecule has 3 aromatic carbocycles. The van der Waals surface area contributed by atoms with Crippen molar-refractivity contribution >= 4 is 0 Å². The van der Waals surface area contributed by atoms with Gasteiger partial charge in [0.1, 0.15) is 0 Å². The molecule has 0 saturated carbocycles. The Morgan fingerprint density at radius 1 is 0.682 bits per heavy atom. The van der Waals surface area contributed by atoms with Gasteiger partial charge in [0.05, 0.1) is 0 Å². The third-order valence-corrected chi connectivity index (χ3v) is 4.79. The lowest BCUT2D eigenvalue weighted by Gasteiger charge is -2.28. The van der Waals surface area contributed by atoms with Crippen LogP contribution in [-0.2, 0) is 6.42 Å². The summed E-state index contributed by atoms with van der Waals surface area (Å²) >= 11 is 0. The van der Waals surface area contributed by atoms with Crippen LogP contribution in [0.25, 0.3) is 11.1 Å². The van der Waals surface area contributed by atoms with Crippen LogP contribution in [0.2, 0.25) is 0 Å². The Morgan fingerprint density at radius 3 is 2.18 bits per heavy atom. The van der Waals surface area contributed by atoms with Crippen LogP contribution in [0.3, 0.4) is 0 Å². The van der Waals surface area contributed by atoms with E-state index in [-0.39, 0.29) is 0 Å². The Hall–Kier alpha value is -2.34. The van der Waals surface area contributed by atoms with E-state index in [2.05, 4.69) is 78.9 Å². The molecule has 4 rings (SSSR count). The number of benzene rings is 3. The van der Waals surface area contributed by atoms with Gasteiger partial charge >= 0.3 is 0 Å². The summed E-state index contributed by atoms with van der Waals surface area (Å²) < 4.78 is 0. The highest BCUT2D eigenvalue weighted by atomic mass is 14.3. The van der Waals surface area contributed by atoms with Crippen LogP contribution < -0.4 is 0 Å². The highest BCUT2D eigenvalue weighted by Gasteiger charge is 2.23. The third kappa shape index (κ3) is 2.35. The van der Waals surface area contributed by atoms with Gasteiger partial charge in [-0.15, -0.1) is 0 Å². The second-order valence-corrected chi connectivity index (χ2v) is 6.09. The largest absolute Gasteiger partial charge is 0.0622 e. The van der Waals surface area contributed by atoms with Crippen molar-refractivity contribution in [1.82, 2.24) is 0 Å². The molecular formula is C22H20. The minimum absolute atomic E-state index is 0.550. The van der Waals surface area contributed by atoms with Crippen molar-refractivity contribution in [2.24, 2.45) is 0 Å². The molecule has 1 aliphatic carbocycles. The van der Waals surface area contributed by atoms with Crippen molar-refractivity contribution in [3.8, 4) is 11.1 Å². The van der Waals surface area contributed by atoms with Crippen molar-refractivity contribution < 1.29 is 0 Å². The molecule has 1 aliphatic rings. The van der Waals surface area contributed by atoms with E-state index in [9.17, 15) is 0 Å². The van der Waals surface area contributed by atoms with Gasteiger partial charge in [0.2, 0.25) is 0 Å². The summed E-state index contributed by atoms with van der Waals surface area (Å²) in [4.78, 5) is 0. The van der Waals surface area contributed by atoms with E-state index < -0.39 is 0 Å². The van der Waals surface area contributed by atoms with Gasteiger partial charge in [-0.25, -0.2) is 0 Å². The van der Waals surface area contributed by atoms with Gasteiger partial charge in [0, 0.05) is 5.92 Å². The SMILES string of the molecule is c1ccc(-c2cccc3c2CCC[C@H]3c2ccccc2)cc1. The molecule has 3 aromatic rings. The number of hydrogen-bond acceptors (Lipinski definition) is 0. The fourth-order valence-corrected chi connectivity index (χ4v) is 3.77. The fraction of sp³-hybridized carbons (Fsp3) is 0.182. The summed E-state index contributed by atoms with van der Waals surface area (Å²) in [5.41, 5.74) is 7.29. The summed E-state index contributed by atoms with van der Waals surface area (Å²) in [6, 6.07) is 28.6. The van der Waals surface area contributed by atoms with Crippen LogP contribution in [0.5, 0.6) is 0 Å². The zero-order chi connectivity index (χ0) is 14.8. The van der Waals surface area contributed by atoms with Crippen LogP contribution in [0.15, 0.2) is 78.9 Å². The summed E-state index contributed by atoms with van der Waals surface area (Å²) in [5.74, 6) is 0.550. The summed E-state index contributed by atoms with van der Waals surface area (Å²) in [7, 11) is 0. The zero-order valence-electron chi connectivity index (χ0n) is 12.7. The maximum Gasteiger partial charge on any atom is 0.00924 e. The molecule has 0 aliphatic heterocycles. The van der Waals surface area contributed by atoms with Crippen molar-refractivity contribution in [3.63, 3.8) is 0 Å². The van der Waals surface area contributed by atoms with Crippen LogP contribution in [-0.4, -0.2) is 0 Å². The Labute approximate surface area is 132 Å². The first-order chi connectivity index (χ1) is 10.9. The van der Waals surface area contributed by atoms with E-state index in [0.717, 1.165) is 0 Å². The van der Waals surface area contributed by atoms with E-state index in [0.29, 0.717) is 5.92 Å². The molecule has 22 heavy (non-hydrogen) atoms. The molecule has 0 fully saturated rings. The van der Waals surface area contributed by atoms with Crippen LogP contribution >= 0.6 is 0 Å². The Morgan fingerprint density at radius 2 is 1.41 bits per heavy atom. The molecule has 0 radical (unpaired) electrons. The number of hydrogen-bond donors (Lipinski definition) is 0. The van der Waals surface area contributed by atoms with Crippen molar-refractivity contribution in [1.29, 1.82) is 0 Å². The van der Waals surface area contributed by atoms with E-state index in [1.54, 1.807) is 5.56 Å². The molecular weight excluding hydrogens is 264 g/mol. The predicted molar refractivity (Wildman–Crippen MR) is 93.1 cm³/mol. The van der Waals surface area contributed by atoms with Gasteiger partial charge in [-0.3, -0.25) is 0 Å². The van der Waals surface area contributed by atoms with Gasteiger partial charge in [-0.05, 0) is 47.1 Å². The average Bonchev–Trinajstić information content (AvgIpc) is 2.62. The minimum Gasteiger partial charge on any atom is -0.0622 e. The predicted octanol–water partition coefficient (Wildman–Crippen LogP) is 5.82. The maximum atomic E-state index is 2.33. The third-order valence-electron chi connectivity index (χ3n) is 4.79. The Balaban J connectivity index is 1.84. The smallest absolute Gasteiger partial charge is 0.00924 e. The standard InChI is InChI=1S/C22H20/c1-3-9-17(10-4-1)19-13-7-16-22-20(14-8-15-21(19)22)18-11-5-2-6-12-18/h1-7,9-13,16,20H,8,14-15H2/t20-/m0/s1. The van der Waals surface area contributed by atoms with Crippen molar-refractivity contribution in [2.75, 3.05) is 0 Å². The summed E-state index contributed by atoms with van der Waals surface area (Å²) in [5, 5.41) is 0. The molecule has 0 saturated heterocycles. The van der Waals surface area contributed by atoms with E-state index in [1.807, 2.05) is 0 Å². The van der Waals surface area contributed by atoms with Crippen LogP contribution in [0, 0.1) is 0 Å². The monoisotopic (exact) mass is 284 g/mol. The van der Waals surface area contributed by atoms with Crippen molar-refractivity contribution in [3.05, 3.63) is 95.6 Å². The molecule has 108 valence electrons. The van der Waals surface area contributed by atoms with Gasteiger partial charge < -0.3 is 0 Å². The lowest BCUT2D eigenvalue weighted by molar-refractivity contribution is 0.617. The van der Waals surface area contributed by atoms with E-state index in [4.69, 9.17) is 0 Å². The van der Waals surface area contributed by atoms with Gasteiger partial charge in [-0.1, -0.05) is 78.9 Å². The molecule has 0 unspecified atom stereocenters. The molecule has 0 heteroatoms. The molecule has 0 heterocycles. The zero-order valence-corrected chi connectivity index (χ0v) is 12.7. The molecule has 0 nitrogen and oxygen atoms in total.